The minimum atomic E-state index is -0.235. The molecular weight excluding hydrogens is 286 g/mol. The lowest BCUT2D eigenvalue weighted by molar-refractivity contribution is 0.104. The summed E-state index contributed by atoms with van der Waals surface area (Å²) in [6.07, 6.45) is 4.40. The van der Waals surface area contributed by atoms with Gasteiger partial charge in [0.25, 0.3) is 5.56 Å². The van der Waals surface area contributed by atoms with Crippen molar-refractivity contribution in [1.29, 1.82) is 0 Å². The van der Waals surface area contributed by atoms with Gasteiger partial charge < -0.3 is 4.98 Å². The molecule has 6 heteroatoms. The van der Waals surface area contributed by atoms with E-state index >= 15 is 0 Å². The third kappa shape index (κ3) is 2.80. The highest BCUT2D eigenvalue weighted by Gasteiger charge is 2.06. The van der Waals surface area contributed by atoms with Gasteiger partial charge in [0.05, 0.1) is 5.39 Å². The van der Waals surface area contributed by atoms with Gasteiger partial charge >= 0.3 is 0 Å². The lowest BCUT2D eigenvalue weighted by Gasteiger charge is -1.95. The number of carbonyl (C=O) groups is 1. The molecule has 3 aromatic rings. The zero-order chi connectivity index (χ0) is 14.8. The van der Waals surface area contributed by atoms with E-state index in [0.717, 1.165) is 4.88 Å². The van der Waals surface area contributed by atoms with Gasteiger partial charge in [-0.15, -0.1) is 11.3 Å². The summed E-state index contributed by atoms with van der Waals surface area (Å²) >= 11 is 1.45. The highest BCUT2D eigenvalue weighted by molar-refractivity contribution is 7.18. The third-order valence-corrected chi connectivity index (χ3v) is 3.80. The van der Waals surface area contributed by atoms with Gasteiger partial charge in [0.2, 0.25) is 5.78 Å². The van der Waals surface area contributed by atoms with E-state index in [1.165, 1.54) is 23.5 Å². The smallest absolute Gasteiger partial charge is 0.259 e. The number of hydrogen-bond acceptors (Lipinski definition) is 5. The summed E-state index contributed by atoms with van der Waals surface area (Å²) in [6.45, 7) is 1.92. The molecule has 0 amide bonds. The van der Waals surface area contributed by atoms with Gasteiger partial charge in [-0.2, -0.15) is 0 Å². The summed E-state index contributed by atoms with van der Waals surface area (Å²) in [5, 5.41) is 0.575. The normalized spacial score (nSPS) is 11.3. The largest absolute Gasteiger partial charge is 0.306 e. The Hall–Kier alpha value is -2.60. The van der Waals surface area contributed by atoms with Crippen LogP contribution in [0.15, 0.2) is 41.3 Å². The van der Waals surface area contributed by atoms with E-state index in [0.29, 0.717) is 21.7 Å². The zero-order valence-electron chi connectivity index (χ0n) is 11.2. The SMILES string of the molecule is Cc1cc2c(=O)[nH]c(/C=C/C(=O)c3ccccn3)nc2s1. The Bertz CT molecular complexity index is 894. The van der Waals surface area contributed by atoms with Crippen LogP contribution in [0.5, 0.6) is 0 Å². The molecule has 5 nitrogen and oxygen atoms in total. The van der Waals surface area contributed by atoms with Crippen LogP contribution < -0.4 is 5.56 Å². The molecule has 3 heterocycles. The van der Waals surface area contributed by atoms with E-state index in [1.807, 2.05) is 6.92 Å². The molecule has 0 unspecified atom stereocenters. The molecule has 0 aliphatic carbocycles. The van der Waals surface area contributed by atoms with Crippen molar-refractivity contribution in [3.8, 4) is 0 Å². The number of rotatable bonds is 3. The molecule has 1 N–H and O–H groups in total. The van der Waals surface area contributed by atoms with Gasteiger partial charge in [0.15, 0.2) is 0 Å². The van der Waals surface area contributed by atoms with Crippen LogP contribution in [0.2, 0.25) is 0 Å². The number of nitrogens with zero attached hydrogens (tertiary/aromatic N) is 2. The fourth-order valence-electron chi connectivity index (χ4n) is 1.90. The molecule has 0 aliphatic heterocycles. The van der Waals surface area contributed by atoms with E-state index in [1.54, 1.807) is 30.5 Å². The van der Waals surface area contributed by atoms with Gasteiger partial charge in [-0.1, -0.05) is 6.07 Å². The van der Waals surface area contributed by atoms with Crippen LogP contribution in [0.25, 0.3) is 16.3 Å². The van der Waals surface area contributed by atoms with E-state index in [-0.39, 0.29) is 11.3 Å². The van der Waals surface area contributed by atoms with Crippen LogP contribution in [-0.4, -0.2) is 20.7 Å². The van der Waals surface area contributed by atoms with Crippen LogP contribution in [0, 0.1) is 6.92 Å². The molecule has 0 bridgehead atoms. The number of thiophene rings is 1. The summed E-state index contributed by atoms with van der Waals surface area (Å²) in [5.41, 5.74) is 0.151. The van der Waals surface area contributed by atoms with Crippen molar-refractivity contribution >= 4 is 33.4 Å². The number of H-pyrrole nitrogens is 1. The quantitative estimate of drug-likeness (QED) is 0.595. The molecule has 0 saturated heterocycles. The van der Waals surface area contributed by atoms with E-state index in [4.69, 9.17) is 0 Å². The molecule has 0 atom stereocenters. The fourth-order valence-corrected chi connectivity index (χ4v) is 2.78. The highest BCUT2D eigenvalue weighted by Crippen LogP contribution is 2.19. The maximum Gasteiger partial charge on any atom is 0.259 e. The number of pyridine rings is 1. The number of ketones is 1. The van der Waals surface area contributed by atoms with Crippen molar-refractivity contribution in [1.82, 2.24) is 15.0 Å². The molecule has 0 fully saturated rings. The first-order valence-electron chi connectivity index (χ1n) is 6.27. The van der Waals surface area contributed by atoms with Crippen LogP contribution in [0.3, 0.4) is 0 Å². The molecule has 21 heavy (non-hydrogen) atoms. The molecular formula is C15H11N3O2S. The second-order valence-electron chi connectivity index (χ2n) is 4.44. The number of hydrogen-bond donors (Lipinski definition) is 1. The molecule has 3 aromatic heterocycles. The monoisotopic (exact) mass is 297 g/mol. The minimum absolute atomic E-state index is 0.200. The van der Waals surface area contributed by atoms with Crippen molar-refractivity contribution in [2.75, 3.05) is 0 Å². The van der Waals surface area contributed by atoms with E-state index < -0.39 is 0 Å². The van der Waals surface area contributed by atoms with Gasteiger partial charge in [-0.05, 0) is 37.3 Å². The average molecular weight is 297 g/mol. The predicted molar refractivity (Wildman–Crippen MR) is 82.6 cm³/mol. The number of allylic oxidation sites excluding steroid dienone is 1. The second-order valence-corrected chi connectivity index (χ2v) is 5.67. The Morgan fingerprint density at radius 1 is 1.38 bits per heavy atom. The van der Waals surface area contributed by atoms with Crippen molar-refractivity contribution in [3.63, 3.8) is 0 Å². The van der Waals surface area contributed by atoms with Gasteiger partial charge in [-0.25, -0.2) is 4.98 Å². The number of aromatic nitrogens is 3. The minimum Gasteiger partial charge on any atom is -0.306 e. The Morgan fingerprint density at radius 3 is 3.00 bits per heavy atom. The summed E-state index contributed by atoms with van der Waals surface area (Å²) in [6, 6.07) is 6.92. The highest BCUT2D eigenvalue weighted by atomic mass is 32.1. The second kappa shape index (κ2) is 5.41. The first kappa shape index (κ1) is 13.4. The summed E-state index contributed by atoms with van der Waals surface area (Å²) in [7, 11) is 0. The lowest BCUT2D eigenvalue weighted by Crippen LogP contribution is -2.08. The maximum absolute atomic E-state index is 11.9. The molecule has 0 radical (unpaired) electrons. The number of nitrogens with one attached hydrogen (secondary N) is 1. The molecule has 0 saturated carbocycles. The fraction of sp³-hybridized carbons (Fsp3) is 0.0667. The average Bonchev–Trinajstić information content (AvgIpc) is 2.87. The Kier molecular flexibility index (Phi) is 3.45. The lowest BCUT2D eigenvalue weighted by atomic mass is 10.2. The molecule has 3 rings (SSSR count). The van der Waals surface area contributed by atoms with Crippen molar-refractivity contribution in [3.05, 3.63) is 63.3 Å². The van der Waals surface area contributed by atoms with Crippen molar-refractivity contribution in [2.24, 2.45) is 0 Å². The molecule has 0 spiro atoms. The summed E-state index contributed by atoms with van der Waals surface area (Å²) in [4.78, 5) is 36.4. The summed E-state index contributed by atoms with van der Waals surface area (Å²) < 4.78 is 0. The number of aromatic amines is 1. The van der Waals surface area contributed by atoms with Crippen LogP contribution >= 0.6 is 11.3 Å². The molecule has 0 aliphatic rings. The van der Waals surface area contributed by atoms with Gasteiger partial charge in [-0.3, -0.25) is 14.6 Å². The van der Waals surface area contributed by atoms with Crippen molar-refractivity contribution < 1.29 is 4.79 Å². The van der Waals surface area contributed by atoms with Gasteiger partial charge in [0.1, 0.15) is 16.3 Å². The van der Waals surface area contributed by atoms with E-state index in [2.05, 4.69) is 15.0 Å². The first-order chi connectivity index (χ1) is 10.1. The van der Waals surface area contributed by atoms with Crippen LogP contribution in [0.1, 0.15) is 21.2 Å². The van der Waals surface area contributed by atoms with Gasteiger partial charge in [0, 0.05) is 11.1 Å². The van der Waals surface area contributed by atoms with Crippen LogP contribution in [-0.2, 0) is 0 Å². The first-order valence-corrected chi connectivity index (χ1v) is 7.09. The number of fused-ring (bicyclic) bond motifs is 1. The Morgan fingerprint density at radius 2 is 2.24 bits per heavy atom. The zero-order valence-corrected chi connectivity index (χ0v) is 12.0. The summed E-state index contributed by atoms with van der Waals surface area (Å²) in [5.74, 6) is 0.124. The number of carbonyl (C=O) groups excluding carboxylic acids is 1. The third-order valence-electron chi connectivity index (χ3n) is 2.85. The topological polar surface area (TPSA) is 75.7 Å². The molecule has 0 aromatic carbocycles. The van der Waals surface area contributed by atoms with Crippen molar-refractivity contribution in [2.45, 2.75) is 6.92 Å². The Labute approximate surface area is 124 Å². The Balaban J connectivity index is 1.93. The predicted octanol–water partition coefficient (Wildman–Crippen LogP) is 2.58. The van der Waals surface area contributed by atoms with Crippen LogP contribution in [0.4, 0.5) is 0 Å². The number of aryl methyl sites for hydroxylation is 1. The molecule has 104 valence electrons. The van der Waals surface area contributed by atoms with E-state index in [9.17, 15) is 9.59 Å². The maximum atomic E-state index is 11.9. The standard InChI is InChI=1S/C15H11N3O2S/c1-9-8-10-14(20)17-13(18-15(10)21-9)6-5-12(19)11-4-2-3-7-16-11/h2-8H,1H3,(H,17,18,20)/b6-5+.